The normalized spacial score (nSPS) is 15.0. The SMILES string of the molecule is Nc1ccccc1N1CCN(C(=O)c2ccncc2)CC1. The number of para-hydroxylation sites is 2. The van der Waals surface area contributed by atoms with E-state index in [2.05, 4.69) is 9.88 Å². The van der Waals surface area contributed by atoms with Crippen molar-refractivity contribution in [1.82, 2.24) is 9.88 Å². The highest BCUT2D eigenvalue weighted by molar-refractivity contribution is 5.94. The molecule has 5 heteroatoms. The highest BCUT2D eigenvalue weighted by Gasteiger charge is 2.22. The zero-order valence-electron chi connectivity index (χ0n) is 11.8. The first-order valence-corrected chi connectivity index (χ1v) is 7.04. The van der Waals surface area contributed by atoms with Crippen molar-refractivity contribution < 1.29 is 4.79 Å². The van der Waals surface area contributed by atoms with Gasteiger partial charge < -0.3 is 15.5 Å². The molecule has 2 aromatic rings. The standard InChI is InChI=1S/C16H18N4O/c17-14-3-1-2-4-15(14)19-9-11-20(12-10-19)16(21)13-5-7-18-8-6-13/h1-8H,9-12,17H2. The molecule has 21 heavy (non-hydrogen) atoms. The molecule has 2 N–H and O–H groups in total. The van der Waals surface area contributed by atoms with Crippen LogP contribution in [0.25, 0.3) is 0 Å². The van der Waals surface area contributed by atoms with Gasteiger partial charge in [-0.3, -0.25) is 9.78 Å². The average molecular weight is 282 g/mol. The molecule has 1 fully saturated rings. The number of nitrogens with two attached hydrogens (primary N) is 1. The zero-order chi connectivity index (χ0) is 14.7. The molecule has 5 nitrogen and oxygen atoms in total. The Bertz CT molecular complexity index is 621. The third kappa shape index (κ3) is 2.81. The van der Waals surface area contributed by atoms with Crippen LogP contribution >= 0.6 is 0 Å². The van der Waals surface area contributed by atoms with Crippen molar-refractivity contribution >= 4 is 17.3 Å². The molecule has 0 atom stereocenters. The molecule has 1 aromatic carbocycles. The first-order valence-electron chi connectivity index (χ1n) is 7.04. The van der Waals surface area contributed by atoms with Gasteiger partial charge in [-0.15, -0.1) is 0 Å². The Labute approximate surface area is 124 Å². The summed E-state index contributed by atoms with van der Waals surface area (Å²) in [6.07, 6.45) is 3.29. The Kier molecular flexibility index (Phi) is 3.73. The van der Waals surface area contributed by atoms with Crippen LogP contribution in [0.4, 0.5) is 11.4 Å². The molecular formula is C16H18N4O. The number of pyridine rings is 1. The lowest BCUT2D eigenvalue weighted by molar-refractivity contribution is 0.0746. The van der Waals surface area contributed by atoms with Gasteiger partial charge >= 0.3 is 0 Å². The fraction of sp³-hybridized carbons (Fsp3) is 0.250. The van der Waals surface area contributed by atoms with E-state index in [0.29, 0.717) is 18.7 Å². The summed E-state index contributed by atoms with van der Waals surface area (Å²) in [4.78, 5) is 20.4. The number of hydrogen-bond acceptors (Lipinski definition) is 4. The molecule has 2 heterocycles. The lowest BCUT2D eigenvalue weighted by atomic mass is 10.2. The van der Waals surface area contributed by atoms with Crippen LogP contribution in [0.1, 0.15) is 10.4 Å². The minimum absolute atomic E-state index is 0.0677. The Morgan fingerprint density at radius 3 is 2.33 bits per heavy atom. The van der Waals surface area contributed by atoms with Crippen molar-refractivity contribution in [3.05, 3.63) is 54.4 Å². The highest BCUT2D eigenvalue weighted by atomic mass is 16.2. The molecule has 0 spiro atoms. The summed E-state index contributed by atoms with van der Waals surface area (Å²) >= 11 is 0. The first kappa shape index (κ1) is 13.4. The van der Waals surface area contributed by atoms with Gasteiger partial charge in [-0.05, 0) is 24.3 Å². The molecule has 0 bridgehead atoms. The molecule has 1 saturated heterocycles. The van der Waals surface area contributed by atoms with E-state index in [1.54, 1.807) is 24.5 Å². The third-order valence-corrected chi connectivity index (χ3v) is 3.77. The maximum absolute atomic E-state index is 12.4. The summed E-state index contributed by atoms with van der Waals surface area (Å²) in [5, 5.41) is 0. The predicted molar refractivity (Wildman–Crippen MR) is 83.2 cm³/mol. The second kappa shape index (κ2) is 5.83. The van der Waals surface area contributed by atoms with Crippen molar-refractivity contribution in [3.63, 3.8) is 0 Å². The number of hydrogen-bond donors (Lipinski definition) is 1. The number of nitrogen functional groups attached to an aromatic ring is 1. The fourth-order valence-corrected chi connectivity index (χ4v) is 2.60. The van der Waals surface area contributed by atoms with Crippen molar-refractivity contribution in [3.8, 4) is 0 Å². The minimum Gasteiger partial charge on any atom is -0.397 e. The molecule has 1 aliphatic rings. The van der Waals surface area contributed by atoms with Crippen LogP contribution in [0.2, 0.25) is 0 Å². The lowest BCUT2D eigenvalue weighted by Crippen LogP contribution is -2.49. The van der Waals surface area contributed by atoms with E-state index in [1.165, 1.54) is 0 Å². The van der Waals surface area contributed by atoms with Gasteiger partial charge in [0.2, 0.25) is 0 Å². The van der Waals surface area contributed by atoms with Crippen LogP contribution in [0, 0.1) is 0 Å². The van der Waals surface area contributed by atoms with Gasteiger partial charge in [-0.2, -0.15) is 0 Å². The fourth-order valence-electron chi connectivity index (χ4n) is 2.60. The lowest BCUT2D eigenvalue weighted by Gasteiger charge is -2.36. The molecule has 1 amide bonds. The van der Waals surface area contributed by atoms with E-state index in [-0.39, 0.29) is 5.91 Å². The first-order chi connectivity index (χ1) is 10.3. The van der Waals surface area contributed by atoms with Crippen LogP contribution < -0.4 is 10.6 Å². The van der Waals surface area contributed by atoms with Gasteiger partial charge in [0.1, 0.15) is 0 Å². The summed E-state index contributed by atoms with van der Waals surface area (Å²) in [7, 11) is 0. The quantitative estimate of drug-likeness (QED) is 0.850. The number of piperazine rings is 1. The van der Waals surface area contributed by atoms with E-state index in [4.69, 9.17) is 5.73 Å². The van der Waals surface area contributed by atoms with Crippen molar-refractivity contribution in [1.29, 1.82) is 0 Å². The van der Waals surface area contributed by atoms with E-state index in [0.717, 1.165) is 24.5 Å². The predicted octanol–water partition coefficient (Wildman–Crippen LogP) is 1.63. The average Bonchev–Trinajstić information content (AvgIpc) is 2.56. The Balaban J connectivity index is 1.66. The topological polar surface area (TPSA) is 62.5 Å². The number of amides is 1. The smallest absolute Gasteiger partial charge is 0.254 e. The van der Waals surface area contributed by atoms with Crippen molar-refractivity contribution in [2.24, 2.45) is 0 Å². The largest absolute Gasteiger partial charge is 0.397 e. The van der Waals surface area contributed by atoms with Gasteiger partial charge in [0.25, 0.3) is 5.91 Å². The molecule has 1 aliphatic heterocycles. The van der Waals surface area contributed by atoms with Gasteiger partial charge in [0.05, 0.1) is 11.4 Å². The zero-order valence-corrected chi connectivity index (χ0v) is 11.8. The minimum atomic E-state index is 0.0677. The van der Waals surface area contributed by atoms with Crippen LogP contribution in [0.5, 0.6) is 0 Å². The number of carbonyl (C=O) groups excluding carboxylic acids is 1. The van der Waals surface area contributed by atoms with Crippen LogP contribution in [0.15, 0.2) is 48.8 Å². The highest BCUT2D eigenvalue weighted by Crippen LogP contribution is 2.23. The van der Waals surface area contributed by atoms with E-state index >= 15 is 0 Å². The second-order valence-electron chi connectivity index (χ2n) is 5.07. The molecule has 3 rings (SSSR count). The maximum atomic E-state index is 12.4. The number of anilines is 2. The van der Waals surface area contributed by atoms with E-state index < -0.39 is 0 Å². The summed E-state index contributed by atoms with van der Waals surface area (Å²) < 4.78 is 0. The molecule has 1 aromatic heterocycles. The van der Waals surface area contributed by atoms with Crippen LogP contribution in [-0.2, 0) is 0 Å². The molecule has 108 valence electrons. The third-order valence-electron chi connectivity index (χ3n) is 3.77. The van der Waals surface area contributed by atoms with Crippen LogP contribution in [0.3, 0.4) is 0 Å². The summed E-state index contributed by atoms with van der Waals surface area (Å²) in [6.45, 7) is 3.00. The molecular weight excluding hydrogens is 264 g/mol. The Morgan fingerprint density at radius 1 is 1.00 bits per heavy atom. The van der Waals surface area contributed by atoms with Crippen LogP contribution in [-0.4, -0.2) is 42.0 Å². The Hall–Kier alpha value is -2.56. The Morgan fingerprint density at radius 2 is 1.67 bits per heavy atom. The van der Waals surface area contributed by atoms with Gasteiger partial charge in [-0.25, -0.2) is 0 Å². The second-order valence-corrected chi connectivity index (χ2v) is 5.07. The summed E-state index contributed by atoms with van der Waals surface area (Å²) in [6, 6.07) is 11.4. The number of aromatic nitrogens is 1. The van der Waals surface area contributed by atoms with E-state index in [1.807, 2.05) is 29.2 Å². The summed E-state index contributed by atoms with van der Waals surface area (Å²) in [5.74, 6) is 0.0677. The molecule has 0 unspecified atom stereocenters. The monoisotopic (exact) mass is 282 g/mol. The number of nitrogens with zero attached hydrogens (tertiary/aromatic N) is 3. The van der Waals surface area contributed by atoms with E-state index in [9.17, 15) is 4.79 Å². The molecule has 0 radical (unpaired) electrons. The number of benzene rings is 1. The maximum Gasteiger partial charge on any atom is 0.254 e. The van der Waals surface area contributed by atoms with Crippen molar-refractivity contribution in [2.45, 2.75) is 0 Å². The van der Waals surface area contributed by atoms with Gasteiger partial charge in [-0.1, -0.05) is 12.1 Å². The van der Waals surface area contributed by atoms with Gasteiger partial charge in [0, 0.05) is 44.1 Å². The number of carbonyl (C=O) groups is 1. The number of rotatable bonds is 2. The summed E-state index contributed by atoms with van der Waals surface area (Å²) in [5.41, 5.74) is 8.53. The molecule has 0 saturated carbocycles. The van der Waals surface area contributed by atoms with Crippen molar-refractivity contribution in [2.75, 3.05) is 36.8 Å². The van der Waals surface area contributed by atoms with Gasteiger partial charge in [0.15, 0.2) is 0 Å². The molecule has 0 aliphatic carbocycles.